The van der Waals surface area contributed by atoms with Gasteiger partial charge >= 0.3 is 0 Å². The molecule has 0 aliphatic heterocycles. The molecule has 104 valence electrons. The summed E-state index contributed by atoms with van der Waals surface area (Å²) in [5.41, 5.74) is 0.688. The molecule has 0 bridgehead atoms. The van der Waals surface area contributed by atoms with Crippen LogP contribution in [0.25, 0.3) is 0 Å². The fraction of sp³-hybridized carbons (Fsp3) is 0.462. The first-order valence-corrected chi connectivity index (χ1v) is 6.13. The monoisotopic (exact) mass is 265 g/mol. The third-order valence-electron chi connectivity index (χ3n) is 3.08. The van der Waals surface area contributed by atoms with E-state index in [4.69, 9.17) is 0 Å². The number of anilines is 1. The van der Waals surface area contributed by atoms with Gasteiger partial charge in [-0.15, -0.1) is 0 Å². The molecule has 0 saturated carbocycles. The number of carbonyl (C=O) groups is 1. The van der Waals surface area contributed by atoms with E-state index in [2.05, 4.69) is 10.6 Å². The van der Waals surface area contributed by atoms with Gasteiger partial charge in [0.2, 0.25) is 0 Å². The number of nitrogens with one attached hydrogen (secondary N) is 2. The first-order chi connectivity index (χ1) is 8.86. The Morgan fingerprint density at radius 2 is 1.95 bits per heavy atom. The van der Waals surface area contributed by atoms with Crippen molar-refractivity contribution in [3.63, 3.8) is 0 Å². The van der Waals surface area contributed by atoms with Crippen LogP contribution in [0, 0.1) is 16.0 Å². The number of carbonyl (C=O) groups excluding carboxylic acids is 1. The number of nitro groups is 1. The molecule has 2 N–H and O–H groups in total. The van der Waals surface area contributed by atoms with Gasteiger partial charge in [-0.05, 0) is 25.0 Å². The molecule has 1 aromatic carbocycles. The SMILES string of the molecule is CNc1cc(C(=O)NC(C)C(C)C)ccc1[N+](=O)[O-]. The third-order valence-corrected chi connectivity index (χ3v) is 3.08. The molecule has 0 aromatic heterocycles. The number of rotatable bonds is 5. The minimum atomic E-state index is -0.482. The minimum Gasteiger partial charge on any atom is -0.383 e. The fourth-order valence-electron chi connectivity index (χ4n) is 1.49. The highest BCUT2D eigenvalue weighted by molar-refractivity contribution is 5.96. The van der Waals surface area contributed by atoms with Crippen LogP contribution in [-0.4, -0.2) is 23.9 Å². The average molecular weight is 265 g/mol. The molecule has 0 fully saturated rings. The standard InChI is InChI=1S/C13H19N3O3/c1-8(2)9(3)15-13(17)10-5-6-12(16(18)19)11(7-10)14-4/h5-9,14H,1-4H3,(H,15,17). The highest BCUT2D eigenvalue weighted by Gasteiger charge is 2.17. The lowest BCUT2D eigenvalue weighted by Crippen LogP contribution is -2.36. The van der Waals surface area contributed by atoms with Crippen molar-refractivity contribution in [2.24, 2.45) is 5.92 Å². The largest absolute Gasteiger partial charge is 0.383 e. The molecule has 1 aromatic rings. The molecule has 1 unspecified atom stereocenters. The summed E-state index contributed by atoms with van der Waals surface area (Å²) in [6.45, 7) is 5.95. The summed E-state index contributed by atoms with van der Waals surface area (Å²) in [6.07, 6.45) is 0. The Kier molecular flexibility index (Phi) is 4.86. The maximum Gasteiger partial charge on any atom is 0.292 e. The van der Waals surface area contributed by atoms with E-state index in [1.165, 1.54) is 18.2 Å². The molecular weight excluding hydrogens is 246 g/mol. The van der Waals surface area contributed by atoms with E-state index in [1.807, 2.05) is 20.8 Å². The van der Waals surface area contributed by atoms with Gasteiger partial charge in [0.05, 0.1) is 4.92 Å². The zero-order chi connectivity index (χ0) is 14.6. The molecular formula is C13H19N3O3. The second-order valence-electron chi connectivity index (χ2n) is 4.75. The van der Waals surface area contributed by atoms with Gasteiger partial charge in [-0.25, -0.2) is 0 Å². The molecule has 0 spiro atoms. The second kappa shape index (κ2) is 6.17. The third kappa shape index (κ3) is 3.67. The van der Waals surface area contributed by atoms with Gasteiger partial charge in [-0.3, -0.25) is 14.9 Å². The summed E-state index contributed by atoms with van der Waals surface area (Å²) in [7, 11) is 1.58. The van der Waals surface area contributed by atoms with Gasteiger partial charge in [0, 0.05) is 24.7 Å². The number of hydrogen-bond acceptors (Lipinski definition) is 4. The lowest BCUT2D eigenvalue weighted by atomic mass is 10.1. The van der Waals surface area contributed by atoms with Crippen molar-refractivity contribution in [2.75, 3.05) is 12.4 Å². The predicted octanol–water partition coefficient (Wildman–Crippen LogP) is 2.41. The van der Waals surface area contributed by atoms with Crippen LogP contribution in [0.1, 0.15) is 31.1 Å². The number of amides is 1. The molecule has 1 rings (SSSR count). The van der Waals surface area contributed by atoms with Crippen LogP contribution in [0.4, 0.5) is 11.4 Å². The van der Waals surface area contributed by atoms with Crippen LogP contribution in [0.5, 0.6) is 0 Å². The Morgan fingerprint density at radius 1 is 1.32 bits per heavy atom. The number of nitro benzene ring substituents is 1. The van der Waals surface area contributed by atoms with E-state index in [9.17, 15) is 14.9 Å². The van der Waals surface area contributed by atoms with E-state index in [-0.39, 0.29) is 17.6 Å². The van der Waals surface area contributed by atoms with Crippen molar-refractivity contribution < 1.29 is 9.72 Å². The molecule has 0 aliphatic carbocycles. The number of nitrogens with zero attached hydrogens (tertiary/aromatic N) is 1. The van der Waals surface area contributed by atoms with Gasteiger partial charge in [0.25, 0.3) is 11.6 Å². The second-order valence-corrected chi connectivity index (χ2v) is 4.75. The van der Waals surface area contributed by atoms with Crippen molar-refractivity contribution in [1.29, 1.82) is 0 Å². The van der Waals surface area contributed by atoms with Crippen LogP contribution in [0.15, 0.2) is 18.2 Å². The Bertz CT molecular complexity index is 486. The van der Waals surface area contributed by atoms with Crippen LogP contribution in [-0.2, 0) is 0 Å². The summed E-state index contributed by atoms with van der Waals surface area (Å²) < 4.78 is 0. The molecule has 6 nitrogen and oxygen atoms in total. The van der Waals surface area contributed by atoms with Crippen LogP contribution < -0.4 is 10.6 Å². The summed E-state index contributed by atoms with van der Waals surface area (Å²) in [5.74, 6) is 0.0957. The van der Waals surface area contributed by atoms with Crippen LogP contribution in [0.3, 0.4) is 0 Å². The quantitative estimate of drug-likeness (QED) is 0.632. The summed E-state index contributed by atoms with van der Waals surface area (Å²) in [4.78, 5) is 22.3. The van der Waals surface area contributed by atoms with E-state index in [0.717, 1.165) is 0 Å². The van der Waals surface area contributed by atoms with Gasteiger partial charge < -0.3 is 10.6 Å². The molecule has 0 radical (unpaired) electrons. The molecule has 0 heterocycles. The lowest BCUT2D eigenvalue weighted by Gasteiger charge is -2.17. The normalized spacial score (nSPS) is 12.1. The zero-order valence-corrected chi connectivity index (χ0v) is 11.6. The van der Waals surface area contributed by atoms with E-state index in [0.29, 0.717) is 17.2 Å². The average Bonchev–Trinajstić information content (AvgIpc) is 2.37. The van der Waals surface area contributed by atoms with E-state index in [1.54, 1.807) is 7.05 Å². The van der Waals surface area contributed by atoms with Crippen molar-refractivity contribution >= 4 is 17.3 Å². The predicted molar refractivity (Wildman–Crippen MR) is 74.4 cm³/mol. The van der Waals surface area contributed by atoms with Crippen molar-refractivity contribution in [1.82, 2.24) is 5.32 Å². The minimum absolute atomic E-state index is 0.0423. The van der Waals surface area contributed by atoms with Gasteiger partial charge in [-0.2, -0.15) is 0 Å². The maximum atomic E-state index is 12.0. The van der Waals surface area contributed by atoms with Crippen LogP contribution in [0.2, 0.25) is 0 Å². The van der Waals surface area contributed by atoms with Crippen molar-refractivity contribution in [2.45, 2.75) is 26.8 Å². The van der Waals surface area contributed by atoms with E-state index < -0.39 is 4.92 Å². The molecule has 6 heteroatoms. The number of benzene rings is 1. The smallest absolute Gasteiger partial charge is 0.292 e. The Balaban J connectivity index is 2.96. The Labute approximate surface area is 112 Å². The lowest BCUT2D eigenvalue weighted by molar-refractivity contribution is -0.383. The zero-order valence-electron chi connectivity index (χ0n) is 11.6. The highest BCUT2D eigenvalue weighted by Crippen LogP contribution is 2.24. The Morgan fingerprint density at radius 3 is 2.42 bits per heavy atom. The summed E-state index contributed by atoms with van der Waals surface area (Å²) >= 11 is 0. The fourth-order valence-corrected chi connectivity index (χ4v) is 1.49. The Hall–Kier alpha value is -2.11. The number of hydrogen-bond donors (Lipinski definition) is 2. The van der Waals surface area contributed by atoms with Crippen molar-refractivity contribution in [3.05, 3.63) is 33.9 Å². The molecule has 19 heavy (non-hydrogen) atoms. The van der Waals surface area contributed by atoms with Gasteiger partial charge in [0.15, 0.2) is 0 Å². The molecule has 1 amide bonds. The molecule has 1 atom stereocenters. The van der Waals surface area contributed by atoms with Crippen molar-refractivity contribution in [3.8, 4) is 0 Å². The van der Waals surface area contributed by atoms with Gasteiger partial charge in [0.1, 0.15) is 5.69 Å². The topological polar surface area (TPSA) is 84.3 Å². The summed E-state index contributed by atoms with van der Waals surface area (Å²) in [5, 5.41) is 16.4. The first kappa shape index (κ1) is 14.9. The van der Waals surface area contributed by atoms with E-state index >= 15 is 0 Å². The molecule has 0 saturated heterocycles. The summed E-state index contributed by atoms with van der Waals surface area (Å²) in [6, 6.07) is 4.32. The van der Waals surface area contributed by atoms with Crippen LogP contribution >= 0.6 is 0 Å². The highest BCUT2D eigenvalue weighted by atomic mass is 16.6. The maximum absolute atomic E-state index is 12.0. The first-order valence-electron chi connectivity index (χ1n) is 6.13. The van der Waals surface area contributed by atoms with Gasteiger partial charge in [-0.1, -0.05) is 13.8 Å². The molecule has 0 aliphatic rings.